The van der Waals surface area contributed by atoms with E-state index in [0.29, 0.717) is 5.56 Å². The first-order chi connectivity index (χ1) is 10.5. The van der Waals surface area contributed by atoms with Crippen molar-refractivity contribution in [1.82, 2.24) is 9.62 Å². The van der Waals surface area contributed by atoms with Crippen LogP contribution in [0.25, 0.3) is 0 Å². The SMILES string of the molecule is NC(=O)CN1C=CC=CC=C1NS(=O)(=O)Cc1ccccc1. The van der Waals surface area contributed by atoms with Crippen LogP contribution in [0.2, 0.25) is 0 Å². The highest BCUT2D eigenvalue weighted by Crippen LogP contribution is 2.10. The molecule has 7 heteroatoms. The molecule has 3 N–H and O–H groups in total. The highest BCUT2D eigenvalue weighted by atomic mass is 32.2. The molecule has 1 aliphatic rings. The first kappa shape index (κ1) is 15.8. The zero-order valence-corrected chi connectivity index (χ0v) is 12.7. The molecule has 1 aromatic carbocycles. The average molecular weight is 319 g/mol. The molecule has 0 spiro atoms. The molecule has 0 aromatic heterocycles. The van der Waals surface area contributed by atoms with Gasteiger partial charge in [-0.2, -0.15) is 0 Å². The minimum atomic E-state index is -3.60. The van der Waals surface area contributed by atoms with E-state index in [0.717, 1.165) is 0 Å². The molecule has 1 amide bonds. The van der Waals surface area contributed by atoms with Gasteiger partial charge in [0.2, 0.25) is 15.9 Å². The van der Waals surface area contributed by atoms with E-state index < -0.39 is 15.9 Å². The van der Waals surface area contributed by atoms with Crippen LogP contribution < -0.4 is 10.5 Å². The molecule has 0 radical (unpaired) electrons. The number of hydrogen-bond donors (Lipinski definition) is 2. The lowest BCUT2D eigenvalue weighted by molar-refractivity contribution is -0.118. The molecule has 0 unspecified atom stereocenters. The fourth-order valence-electron chi connectivity index (χ4n) is 1.93. The Bertz CT molecular complexity index is 722. The van der Waals surface area contributed by atoms with Crippen LogP contribution in [0.4, 0.5) is 0 Å². The smallest absolute Gasteiger partial charge is 0.238 e. The molecular weight excluding hydrogens is 302 g/mol. The summed E-state index contributed by atoms with van der Waals surface area (Å²) in [6.07, 6.45) is 8.26. The summed E-state index contributed by atoms with van der Waals surface area (Å²) >= 11 is 0. The maximum atomic E-state index is 12.3. The summed E-state index contributed by atoms with van der Waals surface area (Å²) in [5, 5.41) is 0. The number of allylic oxidation sites excluding steroid dienone is 4. The molecule has 1 heterocycles. The van der Waals surface area contributed by atoms with E-state index >= 15 is 0 Å². The first-order valence-electron chi connectivity index (χ1n) is 6.61. The minimum absolute atomic E-state index is 0.113. The van der Waals surface area contributed by atoms with E-state index in [1.54, 1.807) is 54.8 Å². The second-order valence-corrected chi connectivity index (χ2v) is 6.44. The van der Waals surface area contributed by atoms with Gasteiger partial charge in [0.25, 0.3) is 0 Å². The van der Waals surface area contributed by atoms with Gasteiger partial charge in [0, 0.05) is 6.20 Å². The van der Waals surface area contributed by atoms with Crippen LogP contribution in [-0.4, -0.2) is 25.8 Å². The standard InChI is InChI=1S/C15H17N3O3S/c16-14(19)11-18-10-6-2-5-9-15(18)17-22(20,21)12-13-7-3-1-4-8-13/h1-10,17H,11-12H2,(H2,16,19). The Kier molecular flexibility index (Phi) is 5.00. The molecule has 6 nitrogen and oxygen atoms in total. The normalized spacial score (nSPS) is 14.4. The van der Waals surface area contributed by atoms with Crippen LogP contribution in [0.5, 0.6) is 0 Å². The average Bonchev–Trinajstić information content (AvgIpc) is 2.64. The van der Waals surface area contributed by atoms with Gasteiger partial charge in [-0.25, -0.2) is 8.42 Å². The fraction of sp³-hybridized carbons (Fsp3) is 0.133. The van der Waals surface area contributed by atoms with Gasteiger partial charge in [-0.05, 0) is 17.7 Å². The van der Waals surface area contributed by atoms with Gasteiger partial charge in [0.05, 0.1) is 5.75 Å². The molecule has 1 aromatic rings. The van der Waals surface area contributed by atoms with Crippen LogP contribution in [0.3, 0.4) is 0 Å². The highest BCUT2D eigenvalue weighted by molar-refractivity contribution is 7.88. The van der Waals surface area contributed by atoms with Crippen molar-refractivity contribution in [3.05, 3.63) is 72.2 Å². The van der Waals surface area contributed by atoms with Gasteiger partial charge in [-0.1, -0.05) is 42.5 Å². The lowest BCUT2D eigenvalue weighted by Crippen LogP contribution is -2.37. The monoisotopic (exact) mass is 319 g/mol. The summed E-state index contributed by atoms with van der Waals surface area (Å²) in [7, 11) is -3.60. The molecule has 116 valence electrons. The van der Waals surface area contributed by atoms with Crippen molar-refractivity contribution in [2.24, 2.45) is 5.73 Å². The number of sulfonamides is 1. The largest absolute Gasteiger partial charge is 0.368 e. The summed E-state index contributed by atoms with van der Waals surface area (Å²) in [5.41, 5.74) is 5.86. The number of hydrogen-bond acceptors (Lipinski definition) is 4. The molecule has 1 aliphatic heterocycles. The van der Waals surface area contributed by atoms with Crippen LogP contribution in [0.1, 0.15) is 5.56 Å². The number of amides is 1. The number of benzene rings is 1. The van der Waals surface area contributed by atoms with E-state index in [2.05, 4.69) is 4.72 Å². The summed E-state index contributed by atoms with van der Waals surface area (Å²) in [5.74, 6) is -0.428. The Morgan fingerprint density at radius 3 is 2.55 bits per heavy atom. The van der Waals surface area contributed by atoms with E-state index in [-0.39, 0.29) is 18.1 Å². The summed E-state index contributed by atoms with van der Waals surface area (Å²) in [6, 6.07) is 8.85. The quantitative estimate of drug-likeness (QED) is 0.812. The Labute approximate surface area is 129 Å². The summed E-state index contributed by atoms with van der Waals surface area (Å²) in [4.78, 5) is 12.6. The van der Waals surface area contributed by atoms with Crippen LogP contribution in [-0.2, 0) is 20.6 Å². The Morgan fingerprint density at radius 1 is 1.14 bits per heavy atom. The van der Waals surface area contributed by atoms with Gasteiger partial charge in [0.15, 0.2) is 0 Å². The zero-order valence-electron chi connectivity index (χ0n) is 11.8. The van der Waals surface area contributed by atoms with Crippen molar-refractivity contribution in [1.29, 1.82) is 0 Å². The van der Waals surface area contributed by atoms with Gasteiger partial charge in [0.1, 0.15) is 12.4 Å². The molecule has 0 saturated carbocycles. The fourth-order valence-corrected chi connectivity index (χ4v) is 3.14. The lowest BCUT2D eigenvalue weighted by atomic mass is 10.2. The second kappa shape index (κ2) is 6.95. The third-order valence-electron chi connectivity index (χ3n) is 2.84. The third-order valence-corrected chi connectivity index (χ3v) is 4.07. The first-order valence-corrected chi connectivity index (χ1v) is 8.26. The molecule has 0 atom stereocenters. The third kappa shape index (κ3) is 4.78. The molecule has 22 heavy (non-hydrogen) atoms. The van der Waals surface area contributed by atoms with Crippen LogP contribution in [0, 0.1) is 0 Å². The summed E-state index contributed by atoms with van der Waals surface area (Å²) in [6.45, 7) is -0.113. The van der Waals surface area contributed by atoms with Crippen molar-refractivity contribution in [2.45, 2.75) is 5.75 Å². The molecular formula is C15H17N3O3S. The number of nitrogens with one attached hydrogen (secondary N) is 1. The zero-order chi connectivity index (χ0) is 16.0. The number of carbonyl (C=O) groups excluding carboxylic acids is 1. The Hall–Kier alpha value is -2.54. The van der Waals surface area contributed by atoms with E-state index in [1.807, 2.05) is 6.07 Å². The predicted molar refractivity (Wildman–Crippen MR) is 84.5 cm³/mol. The number of rotatable bonds is 6. The topological polar surface area (TPSA) is 92.5 Å². The van der Waals surface area contributed by atoms with Gasteiger partial charge >= 0.3 is 0 Å². The predicted octanol–water partition coefficient (Wildman–Crippen LogP) is 0.818. The van der Waals surface area contributed by atoms with Crippen molar-refractivity contribution in [2.75, 3.05) is 6.54 Å². The van der Waals surface area contributed by atoms with Gasteiger partial charge < -0.3 is 10.6 Å². The number of nitrogens with zero attached hydrogens (tertiary/aromatic N) is 1. The van der Waals surface area contributed by atoms with Crippen molar-refractivity contribution in [3.8, 4) is 0 Å². The van der Waals surface area contributed by atoms with Crippen molar-refractivity contribution >= 4 is 15.9 Å². The maximum Gasteiger partial charge on any atom is 0.238 e. The number of carbonyl (C=O) groups is 1. The number of primary amides is 1. The second-order valence-electron chi connectivity index (χ2n) is 4.72. The lowest BCUT2D eigenvalue weighted by Gasteiger charge is -2.22. The van der Waals surface area contributed by atoms with Gasteiger partial charge in [-0.3, -0.25) is 9.52 Å². The van der Waals surface area contributed by atoms with Crippen molar-refractivity contribution in [3.63, 3.8) is 0 Å². The van der Waals surface area contributed by atoms with Gasteiger partial charge in [-0.15, -0.1) is 0 Å². The van der Waals surface area contributed by atoms with E-state index in [4.69, 9.17) is 5.73 Å². The van der Waals surface area contributed by atoms with E-state index in [1.165, 1.54) is 4.90 Å². The Balaban J connectivity index is 2.15. The summed E-state index contributed by atoms with van der Waals surface area (Å²) < 4.78 is 27.0. The minimum Gasteiger partial charge on any atom is -0.368 e. The maximum absolute atomic E-state index is 12.3. The molecule has 2 rings (SSSR count). The molecule has 0 aliphatic carbocycles. The van der Waals surface area contributed by atoms with Crippen molar-refractivity contribution < 1.29 is 13.2 Å². The number of nitrogens with two attached hydrogens (primary N) is 1. The van der Waals surface area contributed by atoms with Crippen LogP contribution >= 0.6 is 0 Å². The van der Waals surface area contributed by atoms with Crippen LogP contribution in [0.15, 0.2) is 66.7 Å². The van der Waals surface area contributed by atoms with E-state index in [9.17, 15) is 13.2 Å². The molecule has 0 fully saturated rings. The highest BCUT2D eigenvalue weighted by Gasteiger charge is 2.17. The molecule has 0 bridgehead atoms. The molecule has 0 saturated heterocycles. The Morgan fingerprint density at radius 2 is 1.86 bits per heavy atom.